The number of aryl methyl sites for hydroxylation is 3. The Morgan fingerprint density at radius 2 is 1.94 bits per heavy atom. The first-order valence-corrected chi connectivity index (χ1v) is 10.1. The van der Waals surface area contributed by atoms with Crippen LogP contribution < -0.4 is 11.1 Å². The van der Waals surface area contributed by atoms with Crippen molar-refractivity contribution in [3.05, 3.63) is 73.4 Å². The van der Waals surface area contributed by atoms with Crippen LogP contribution in [-0.4, -0.2) is 38.4 Å². The van der Waals surface area contributed by atoms with E-state index in [1.165, 1.54) is 20.1 Å². The van der Waals surface area contributed by atoms with Gasteiger partial charge in [0.05, 0.1) is 24.6 Å². The number of pyridine rings is 2. The molecule has 0 aliphatic carbocycles. The van der Waals surface area contributed by atoms with Crippen molar-refractivity contribution in [2.24, 2.45) is 0 Å². The summed E-state index contributed by atoms with van der Waals surface area (Å²) in [5.74, 6) is -3.42. The number of benzene rings is 1. The summed E-state index contributed by atoms with van der Waals surface area (Å²) in [5.41, 5.74) is 0.927. The molecule has 1 aromatic carbocycles. The average Bonchev–Trinajstić information content (AvgIpc) is 3.18. The number of carboxylic acids is 1. The molecule has 1 unspecified atom stereocenters. The number of para-hydroxylation sites is 1. The highest BCUT2D eigenvalue weighted by Crippen LogP contribution is 2.33. The van der Waals surface area contributed by atoms with Crippen LogP contribution in [0.15, 0.2) is 39.9 Å². The number of carbonyl (C=O) groups is 2. The molecule has 1 atom stereocenters. The molecule has 32 heavy (non-hydrogen) atoms. The van der Waals surface area contributed by atoms with Crippen molar-refractivity contribution in [3.63, 3.8) is 0 Å². The molecular formula is C23H22N2O7. The molecule has 4 rings (SSSR count). The van der Waals surface area contributed by atoms with Gasteiger partial charge in [0, 0.05) is 23.7 Å². The van der Waals surface area contributed by atoms with Crippen LogP contribution in [-0.2, 0) is 33.8 Å². The van der Waals surface area contributed by atoms with Crippen LogP contribution >= 0.6 is 0 Å². The van der Waals surface area contributed by atoms with Crippen LogP contribution in [0.4, 0.5) is 0 Å². The third kappa shape index (κ3) is 3.45. The van der Waals surface area contributed by atoms with E-state index in [0.29, 0.717) is 13.0 Å². The minimum Gasteiger partial charge on any atom is -0.507 e. The number of aliphatic carboxylic acids is 1. The van der Waals surface area contributed by atoms with Gasteiger partial charge in [0.15, 0.2) is 0 Å². The average molecular weight is 438 g/mol. The summed E-state index contributed by atoms with van der Waals surface area (Å²) in [6.45, 7) is 1.35. The summed E-state index contributed by atoms with van der Waals surface area (Å²) < 4.78 is 7.40. The minimum atomic E-state index is -1.23. The molecule has 9 heteroatoms. The highest BCUT2D eigenvalue weighted by atomic mass is 16.5. The van der Waals surface area contributed by atoms with Crippen molar-refractivity contribution in [3.8, 4) is 5.75 Å². The molecule has 0 saturated heterocycles. The van der Waals surface area contributed by atoms with E-state index in [0.717, 1.165) is 21.0 Å². The Morgan fingerprint density at radius 1 is 1.19 bits per heavy atom. The Morgan fingerprint density at radius 3 is 2.62 bits per heavy atom. The maximum atomic E-state index is 13.4. The summed E-state index contributed by atoms with van der Waals surface area (Å²) in [6, 6.07) is 8.57. The molecule has 0 fully saturated rings. The van der Waals surface area contributed by atoms with Crippen LogP contribution in [0, 0.1) is 6.92 Å². The number of aromatic hydroxyl groups is 1. The molecule has 1 aliphatic rings. The van der Waals surface area contributed by atoms with E-state index >= 15 is 0 Å². The Balaban J connectivity index is 2.01. The zero-order valence-electron chi connectivity index (χ0n) is 17.6. The van der Waals surface area contributed by atoms with Crippen molar-refractivity contribution in [2.45, 2.75) is 38.8 Å². The van der Waals surface area contributed by atoms with E-state index in [1.807, 2.05) is 18.2 Å². The summed E-state index contributed by atoms with van der Waals surface area (Å²) in [4.78, 5) is 50.2. The number of aromatic nitrogens is 2. The number of nitrogens with zero attached hydrogens (tertiary/aromatic N) is 2. The van der Waals surface area contributed by atoms with E-state index in [2.05, 4.69) is 0 Å². The molecule has 3 aromatic rings. The van der Waals surface area contributed by atoms with Crippen LogP contribution in [0.3, 0.4) is 0 Å². The number of rotatable bonds is 6. The summed E-state index contributed by atoms with van der Waals surface area (Å²) in [6.07, 6.45) is 0.328. The molecule has 0 saturated carbocycles. The van der Waals surface area contributed by atoms with Crippen molar-refractivity contribution in [1.29, 1.82) is 0 Å². The second-order valence-electron chi connectivity index (χ2n) is 7.86. The topological polar surface area (TPSA) is 128 Å². The second kappa shape index (κ2) is 7.99. The number of hydrogen-bond acceptors (Lipinski definition) is 6. The van der Waals surface area contributed by atoms with Gasteiger partial charge in [-0.1, -0.05) is 18.2 Å². The third-order valence-corrected chi connectivity index (χ3v) is 5.97. The van der Waals surface area contributed by atoms with E-state index < -0.39 is 35.7 Å². The predicted octanol–water partition coefficient (Wildman–Crippen LogP) is 1.51. The molecule has 2 N–H and O–H groups in total. The van der Waals surface area contributed by atoms with Crippen molar-refractivity contribution in [1.82, 2.24) is 9.13 Å². The van der Waals surface area contributed by atoms with Crippen molar-refractivity contribution < 1.29 is 24.5 Å². The van der Waals surface area contributed by atoms with Crippen LogP contribution in [0.25, 0.3) is 10.9 Å². The van der Waals surface area contributed by atoms with Gasteiger partial charge in [0.2, 0.25) is 0 Å². The largest absolute Gasteiger partial charge is 0.507 e. The molecule has 0 amide bonds. The zero-order valence-corrected chi connectivity index (χ0v) is 17.6. The van der Waals surface area contributed by atoms with Gasteiger partial charge in [-0.05, 0) is 36.4 Å². The first kappa shape index (κ1) is 21.4. The highest BCUT2D eigenvalue weighted by Gasteiger charge is 2.31. The fourth-order valence-electron chi connectivity index (χ4n) is 4.49. The first-order chi connectivity index (χ1) is 15.2. The fourth-order valence-corrected chi connectivity index (χ4v) is 4.49. The monoisotopic (exact) mass is 438 g/mol. The number of methoxy groups -OCH3 is 1. The summed E-state index contributed by atoms with van der Waals surface area (Å²) >= 11 is 0. The maximum absolute atomic E-state index is 13.4. The normalized spacial score (nSPS) is 13.3. The lowest BCUT2D eigenvalue weighted by molar-refractivity contribution is -0.141. The molecule has 0 spiro atoms. The lowest BCUT2D eigenvalue weighted by Crippen LogP contribution is -2.33. The van der Waals surface area contributed by atoms with Gasteiger partial charge in [-0.2, -0.15) is 0 Å². The van der Waals surface area contributed by atoms with E-state index in [1.54, 1.807) is 10.6 Å². The Labute approximate surface area is 182 Å². The standard InChI is InChI=1S/C23H22N2O7/c1-12-8-17(26)20(23(31)25(12)11-18(27)28)15(10-19(29)32-2)16-9-14-5-3-4-13-6-7-24(21(13)14)22(16)30/h3-5,8-9,15,26H,6-7,10-11H2,1-2H3,(H,27,28). The van der Waals surface area contributed by atoms with Gasteiger partial charge in [-0.15, -0.1) is 0 Å². The van der Waals surface area contributed by atoms with Gasteiger partial charge < -0.3 is 24.1 Å². The number of carboxylic acid groups (broad SMARTS) is 1. The summed E-state index contributed by atoms with van der Waals surface area (Å²) in [5, 5.41) is 20.6. The van der Waals surface area contributed by atoms with Crippen molar-refractivity contribution in [2.75, 3.05) is 7.11 Å². The molecule has 9 nitrogen and oxygen atoms in total. The number of carbonyl (C=O) groups excluding carboxylic acids is 1. The van der Waals surface area contributed by atoms with Crippen LogP contribution in [0.5, 0.6) is 5.75 Å². The molecule has 2 aromatic heterocycles. The van der Waals surface area contributed by atoms with E-state index in [4.69, 9.17) is 4.74 Å². The molecule has 0 bridgehead atoms. The Hall–Kier alpha value is -3.88. The zero-order chi connectivity index (χ0) is 23.2. The lowest BCUT2D eigenvalue weighted by Gasteiger charge is -2.20. The smallest absolute Gasteiger partial charge is 0.323 e. The lowest BCUT2D eigenvalue weighted by atomic mass is 9.88. The van der Waals surface area contributed by atoms with Crippen LogP contribution in [0.1, 0.15) is 34.7 Å². The quantitative estimate of drug-likeness (QED) is 0.559. The Bertz CT molecular complexity index is 1380. The highest BCUT2D eigenvalue weighted by molar-refractivity contribution is 5.84. The van der Waals surface area contributed by atoms with Gasteiger partial charge in [-0.3, -0.25) is 19.2 Å². The number of esters is 1. The summed E-state index contributed by atoms with van der Waals surface area (Å²) in [7, 11) is 1.19. The molecule has 3 heterocycles. The molecule has 0 radical (unpaired) electrons. The predicted molar refractivity (Wildman–Crippen MR) is 115 cm³/mol. The first-order valence-electron chi connectivity index (χ1n) is 10.1. The molecule has 166 valence electrons. The maximum Gasteiger partial charge on any atom is 0.323 e. The molecular weight excluding hydrogens is 416 g/mol. The number of hydrogen-bond donors (Lipinski definition) is 2. The second-order valence-corrected chi connectivity index (χ2v) is 7.86. The third-order valence-electron chi connectivity index (χ3n) is 5.97. The minimum absolute atomic E-state index is 0.167. The van der Waals surface area contributed by atoms with Gasteiger partial charge in [-0.25, -0.2) is 0 Å². The van der Waals surface area contributed by atoms with Gasteiger partial charge in [0.1, 0.15) is 12.3 Å². The van der Waals surface area contributed by atoms with Crippen molar-refractivity contribution >= 4 is 22.8 Å². The number of ether oxygens (including phenoxy) is 1. The van der Waals surface area contributed by atoms with Gasteiger partial charge >= 0.3 is 11.9 Å². The van der Waals surface area contributed by atoms with Gasteiger partial charge in [0.25, 0.3) is 11.1 Å². The Kier molecular flexibility index (Phi) is 5.33. The molecule has 1 aliphatic heterocycles. The van der Waals surface area contributed by atoms with E-state index in [9.17, 15) is 29.4 Å². The fraction of sp³-hybridized carbons (Fsp3) is 0.304. The van der Waals surface area contributed by atoms with Crippen LogP contribution in [0.2, 0.25) is 0 Å². The SMILES string of the molecule is COC(=O)CC(c1c(O)cc(C)n(CC(=O)O)c1=O)c1cc2cccc3c2n(c1=O)CC3. The van der Waals surface area contributed by atoms with E-state index in [-0.39, 0.29) is 28.8 Å².